The molecule has 0 saturated heterocycles. The maximum absolute atomic E-state index is 12.5. The molecule has 0 spiro atoms. The summed E-state index contributed by atoms with van der Waals surface area (Å²) in [6.07, 6.45) is 0. The lowest BCUT2D eigenvalue weighted by atomic mass is 9.87. The molecular weight excluding hydrogens is 362 g/mol. The van der Waals surface area contributed by atoms with Gasteiger partial charge in [-0.1, -0.05) is 32.9 Å². The molecule has 0 bridgehead atoms. The highest BCUT2D eigenvalue weighted by Crippen LogP contribution is 2.26. The van der Waals surface area contributed by atoms with E-state index in [9.17, 15) is 13.2 Å². The van der Waals surface area contributed by atoms with Gasteiger partial charge in [-0.05, 0) is 61.2 Å². The van der Waals surface area contributed by atoms with E-state index in [-0.39, 0.29) is 22.0 Å². The Hall–Kier alpha value is -2.34. The molecule has 0 aromatic heterocycles. The lowest BCUT2D eigenvalue weighted by Gasteiger charge is -2.19. The molecule has 0 saturated carbocycles. The molecule has 0 aliphatic rings. The molecule has 5 nitrogen and oxygen atoms in total. The summed E-state index contributed by atoms with van der Waals surface area (Å²) in [7, 11) is -3.96. The lowest BCUT2D eigenvalue weighted by Crippen LogP contribution is -2.30. The molecule has 146 valence electrons. The first-order valence-corrected chi connectivity index (χ1v) is 10.4. The minimum atomic E-state index is -3.96. The number of amides is 1. The van der Waals surface area contributed by atoms with Gasteiger partial charge in [0.25, 0.3) is 5.91 Å². The van der Waals surface area contributed by atoms with Gasteiger partial charge in [0.1, 0.15) is 10.6 Å². The summed E-state index contributed by atoms with van der Waals surface area (Å²) in [6, 6.07) is 12.8. The summed E-state index contributed by atoms with van der Waals surface area (Å²) >= 11 is 0. The Balaban J connectivity index is 2.18. The summed E-state index contributed by atoms with van der Waals surface area (Å²) in [5.74, 6) is 0.133. The number of benzene rings is 2. The van der Waals surface area contributed by atoms with Crippen molar-refractivity contribution in [2.24, 2.45) is 0 Å². The van der Waals surface area contributed by atoms with Crippen molar-refractivity contribution in [3.05, 3.63) is 59.7 Å². The standard InChI is InChI=1S/C21H27NO4S/c1-6-22(7-2)20(23)16-8-14-19(15-9-16)27(24,25)26-18-12-10-17(11-13-18)21(3,4)5/h8-15H,6-7H2,1-5H3. The summed E-state index contributed by atoms with van der Waals surface area (Å²) in [4.78, 5) is 14.0. The Bertz CT molecular complexity index is 875. The third kappa shape index (κ3) is 5.10. The fraction of sp³-hybridized carbons (Fsp3) is 0.381. The molecular formula is C21H27NO4S. The molecule has 0 N–H and O–H groups in total. The van der Waals surface area contributed by atoms with Gasteiger partial charge >= 0.3 is 10.1 Å². The molecule has 2 aromatic carbocycles. The first kappa shape index (κ1) is 21.0. The highest BCUT2D eigenvalue weighted by molar-refractivity contribution is 7.87. The van der Waals surface area contributed by atoms with Crippen LogP contribution in [0.5, 0.6) is 5.75 Å². The number of hydrogen-bond acceptors (Lipinski definition) is 4. The van der Waals surface area contributed by atoms with Gasteiger partial charge in [0.05, 0.1) is 0 Å². The minimum Gasteiger partial charge on any atom is -0.379 e. The van der Waals surface area contributed by atoms with Gasteiger partial charge in [-0.15, -0.1) is 0 Å². The first-order valence-electron chi connectivity index (χ1n) is 9.03. The second kappa shape index (κ2) is 8.13. The number of carbonyl (C=O) groups is 1. The Labute approximate surface area is 162 Å². The van der Waals surface area contributed by atoms with Crippen LogP contribution in [0.2, 0.25) is 0 Å². The fourth-order valence-electron chi connectivity index (χ4n) is 2.64. The number of rotatable bonds is 6. The zero-order valence-corrected chi connectivity index (χ0v) is 17.3. The average Bonchev–Trinajstić information content (AvgIpc) is 2.62. The van der Waals surface area contributed by atoms with E-state index in [0.717, 1.165) is 5.56 Å². The van der Waals surface area contributed by atoms with Crippen molar-refractivity contribution < 1.29 is 17.4 Å². The van der Waals surface area contributed by atoms with E-state index in [2.05, 4.69) is 20.8 Å². The van der Waals surface area contributed by atoms with Crippen LogP contribution < -0.4 is 4.18 Å². The van der Waals surface area contributed by atoms with Crippen molar-refractivity contribution in [1.82, 2.24) is 4.90 Å². The Morgan fingerprint density at radius 3 is 1.89 bits per heavy atom. The quantitative estimate of drug-likeness (QED) is 0.694. The van der Waals surface area contributed by atoms with E-state index in [4.69, 9.17) is 4.18 Å². The van der Waals surface area contributed by atoms with Gasteiger partial charge in [-0.2, -0.15) is 8.42 Å². The zero-order valence-electron chi connectivity index (χ0n) is 16.5. The van der Waals surface area contributed by atoms with E-state index in [0.29, 0.717) is 18.7 Å². The summed E-state index contributed by atoms with van der Waals surface area (Å²) in [5.41, 5.74) is 1.52. The Morgan fingerprint density at radius 1 is 0.926 bits per heavy atom. The number of carbonyl (C=O) groups excluding carboxylic acids is 1. The van der Waals surface area contributed by atoms with Gasteiger partial charge in [-0.3, -0.25) is 4.79 Å². The molecule has 0 fully saturated rings. The van der Waals surface area contributed by atoms with Gasteiger partial charge in [0.15, 0.2) is 0 Å². The zero-order chi connectivity index (χ0) is 20.2. The third-order valence-corrected chi connectivity index (χ3v) is 5.63. The summed E-state index contributed by atoms with van der Waals surface area (Å²) in [6.45, 7) is 11.3. The molecule has 6 heteroatoms. The highest BCUT2D eigenvalue weighted by Gasteiger charge is 2.19. The topological polar surface area (TPSA) is 63.7 Å². The van der Waals surface area contributed by atoms with Gasteiger partial charge in [0.2, 0.25) is 0 Å². The molecule has 0 aliphatic heterocycles. The average molecular weight is 390 g/mol. The van der Waals surface area contributed by atoms with Crippen LogP contribution >= 0.6 is 0 Å². The van der Waals surface area contributed by atoms with Gasteiger partial charge in [-0.25, -0.2) is 0 Å². The largest absolute Gasteiger partial charge is 0.379 e. The predicted molar refractivity (Wildman–Crippen MR) is 107 cm³/mol. The lowest BCUT2D eigenvalue weighted by molar-refractivity contribution is 0.0773. The second-order valence-corrected chi connectivity index (χ2v) is 8.86. The van der Waals surface area contributed by atoms with Crippen LogP contribution in [-0.2, 0) is 15.5 Å². The molecule has 0 unspecified atom stereocenters. The van der Waals surface area contributed by atoms with Gasteiger partial charge in [0, 0.05) is 18.7 Å². The van der Waals surface area contributed by atoms with Crippen LogP contribution in [0.25, 0.3) is 0 Å². The first-order chi connectivity index (χ1) is 12.6. The van der Waals surface area contributed by atoms with E-state index < -0.39 is 10.1 Å². The normalized spacial score (nSPS) is 11.9. The van der Waals surface area contributed by atoms with Crippen LogP contribution in [0.3, 0.4) is 0 Å². The monoisotopic (exact) mass is 389 g/mol. The maximum atomic E-state index is 12.5. The van der Waals surface area contributed by atoms with E-state index >= 15 is 0 Å². The van der Waals surface area contributed by atoms with Crippen molar-refractivity contribution in [2.75, 3.05) is 13.1 Å². The van der Waals surface area contributed by atoms with Crippen LogP contribution in [-0.4, -0.2) is 32.3 Å². The number of nitrogens with zero attached hydrogens (tertiary/aromatic N) is 1. The van der Waals surface area contributed by atoms with Crippen LogP contribution in [0.15, 0.2) is 53.4 Å². The smallest absolute Gasteiger partial charge is 0.339 e. The molecule has 2 aromatic rings. The Kier molecular flexibility index (Phi) is 6.31. The predicted octanol–water partition coefficient (Wildman–Crippen LogP) is 4.23. The molecule has 1 amide bonds. The second-order valence-electron chi connectivity index (χ2n) is 7.31. The van der Waals surface area contributed by atoms with Crippen LogP contribution in [0.4, 0.5) is 0 Å². The maximum Gasteiger partial charge on any atom is 0.339 e. The van der Waals surface area contributed by atoms with E-state index in [1.165, 1.54) is 24.3 Å². The highest BCUT2D eigenvalue weighted by atomic mass is 32.2. The van der Waals surface area contributed by atoms with E-state index in [1.807, 2.05) is 26.0 Å². The summed E-state index contributed by atoms with van der Waals surface area (Å²) < 4.78 is 30.2. The number of hydrogen-bond donors (Lipinski definition) is 0. The molecule has 0 radical (unpaired) electrons. The molecule has 0 aliphatic carbocycles. The SMILES string of the molecule is CCN(CC)C(=O)c1ccc(S(=O)(=O)Oc2ccc(C(C)(C)C)cc2)cc1. The third-order valence-electron chi connectivity index (χ3n) is 4.37. The van der Waals surface area contributed by atoms with Crippen molar-refractivity contribution >= 4 is 16.0 Å². The van der Waals surface area contributed by atoms with Crippen LogP contribution in [0, 0.1) is 0 Å². The Morgan fingerprint density at radius 2 is 1.44 bits per heavy atom. The fourth-order valence-corrected chi connectivity index (χ4v) is 3.57. The molecule has 2 rings (SSSR count). The van der Waals surface area contributed by atoms with Crippen LogP contribution in [0.1, 0.15) is 50.5 Å². The molecule has 27 heavy (non-hydrogen) atoms. The van der Waals surface area contributed by atoms with Crippen molar-refractivity contribution in [2.45, 2.75) is 44.9 Å². The van der Waals surface area contributed by atoms with Crippen molar-refractivity contribution in [3.63, 3.8) is 0 Å². The van der Waals surface area contributed by atoms with Crippen molar-refractivity contribution in [3.8, 4) is 5.75 Å². The van der Waals surface area contributed by atoms with E-state index in [1.54, 1.807) is 17.0 Å². The summed E-state index contributed by atoms with van der Waals surface area (Å²) in [5, 5.41) is 0. The van der Waals surface area contributed by atoms with Crippen molar-refractivity contribution in [1.29, 1.82) is 0 Å². The molecule has 0 atom stereocenters. The van der Waals surface area contributed by atoms with Gasteiger partial charge < -0.3 is 9.08 Å². The minimum absolute atomic E-state index is 0.0125. The molecule has 0 heterocycles.